The van der Waals surface area contributed by atoms with Crippen molar-refractivity contribution >= 4 is 40.9 Å². The van der Waals surface area contributed by atoms with Crippen LogP contribution in [0.25, 0.3) is 0 Å². The van der Waals surface area contributed by atoms with Gasteiger partial charge in [0.25, 0.3) is 0 Å². The van der Waals surface area contributed by atoms with Crippen LogP contribution in [-0.4, -0.2) is 47.8 Å². The van der Waals surface area contributed by atoms with Crippen molar-refractivity contribution in [2.24, 2.45) is 0 Å². The van der Waals surface area contributed by atoms with Crippen LogP contribution in [0.4, 0.5) is 10.5 Å². The minimum atomic E-state index is -1.07. The van der Waals surface area contributed by atoms with Gasteiger partial charge in [-0.25, -0.2) is 9.59 Å². The number of nitrogens with zero attached hydrogens (tertiary/aromatic N) is 1. The number of carbonyl (C=O) groups is 2. The van der Waals surface area contributed by atoms with E-state index in [-0.39, 0.29) is 24.1 Å². The number of aliphatic carboxylic acids is 1. The molecule has 2 amide bonds. The maximum atomic E-state index is 12.2. The van der Waals surface area contributed by atoms with E-state index < -0.39 is 18.0 Å². The second-order valence-electron chi connectivity index (χ2n) is 4.63. The first kappa shape index (κ1) is 15.9. The Balaban J connectivity index is 2.15. The molecular weight excluding hydrogens is 319 g/mol. The summed E-state index contributed by atoms with van der Waals surface area (Å²) in [4.78, 5) is 24.7. The zero-order valence-corrected chi connectivity index (χ0v) is 12.7. The van der Waals surface area contributed by atoms with Crippen LogP contribution < -0.4 is 5.32 Å². The summed E-state index contributed by atoms with van der Waals surface area (Å²) in [6, 6.07) is 3.35. The summed E-state index contributed by atoms with van der Waals surface area (Å²) in [5.41, 5.74) is 0.333. The summed E-state index contributed by atoms with van der Waals surface area (Å²) in [5.74, 6) is -1.07. The summed E-state index contributed by atoms with van der Waals surface area (Å²) < 4.78 is 5.13. The molecule has 1 aromatic carbocycles. The van der Waals surface area contributed by atoms with Crippen LogP contribution in [0.15, 0.2) is 18.2 Å². The number of benzene rings is 1. The van der Waals surface area contributed by atoms with Gasteiger partial charge in [0.1, 0.15) is 6.04 Å². The van der Waals surface area contributed by atoms with E-state index in [2.05, 4.69) is 5.32 Å². The smallest absolute Gasteiger partial charge is 0.326 e. The van der Waals surface area contributed by atoms with Crippen molar-refractivity contribution < 1.29 is 19.4 Å². The highest BCUT2D eigenvalue weighted by Crippen LogP contribution is 2.30. The van der Waals surface area contributed by atoms with Gasteiger partial charge in [0, 0.05) is 20.1 Å². The molecule has 1 fully saturated rings. The molecule has 8 heteroatoms. The zero-order valence-electron chi connectivity index (χ0n) is 11.2. The molecule has 0 aromatic heterocycles. The molecule has 1 aliphatic rings. The quantitative estimate of drug-likeness (QED) is 0.891. The number of anilines is 1. The highest BCUT2D eigenvalue weighted by molar-refractivity contribution is 6.43. The molecule has 0 aliphatic carbocycles. The number of carboxylic acid groups (broad SMARTS) is 1. The Hall–Kier alpha value is -1.50. The lowest BCUT2D eigenvalue weighted by Crippen LogP contribution is -2.43. The van der Waals surface area contributed by atoms with E-state index in [9.17, 15) is 14.7 Å². The molecule has 1 saturated heterocycles. The van der Waals surface area contributed by atoms with Crippen molar-refractivity contribution in [3.63, 3.8) is 0 Å². The van der Waals surface area contributed by atoms with Crippen LogP contribution in [0.2, 0.25) is 10.0 Å². The van der Waals surface area contributed by atoms with Crippen LogP contribution in [0.5, 0.6) is 0 Å². The molecule has 2 atom stereocenters. The topological polar surface area (TPSA) is 78.9 Å². The normalized spacial score (nSPS) is 21.4. The molecule has 2 N–H and O–H groups in total. The number of likely N-dealkylation sites (tertiary alicyclic amines) is 1. The van der Waals surface area contributed by atoms with Crippen molar-refractivity contribution in [1.29, 1.82) is 0 Å². The van der Waals surface area contributed by atoms with Crippen molar-refractivity contribution in [2.75, 3.05) is 19.0 Å². The van der Waals surface area contributed by atoms with Crippen LogP contribution in [0, 0.1) is 0 Å². The molecule has 2 unspecified atom stereocenters. The predicted molar refractivity (Wildman–Crippen MR) is 79.0 cm³/mol. The summed E-state index contributed by atoms with van der Waals surface area (Å²) in [5, 5.41) is 12.3. The molecule has 2 rings (SSSR count). The maximum Gasteiger partial charge on any atom is 0.326 e. The van der Waals surface area contributed by atoms with Gasteiger partial charge < -0.3 is 20.1 Å². The molecular formula is C13H14Cl2N2O4. The minimum Gasteiger partial charge on any atom is -0.480 e. The fraction of sp³-hybridized carbons (Fsp3) is 0.385. The number of hydrogen-bond acceptors (Lipinski definition) is 3. The SMILES string of the molecule is COC1CC(C(=O)O)N(C(=O)Nc2cccc(Cl)c2Cl)C1. The molecule has 1 aromatic rings. The molecule has 0 spiro atoms. The van der Waals surface area contributed by atoms with Gasteiger partial charge in [-0.1, -0.05) is 29.3 Å². The second kappa shape index (κ2) is 6.51. The number of urea groups is 1. The first-order valence-corrected chi connectivity index (χ1v) is 6.97. The monoisotopic (exact) mass is 332 g/mol. The number of carboxylic acids is 1. The van der Waals surface area contributed by atoms with Gasteiger partial charge in [0.2, 0.25) is 0 Å². The average molecular weight is 333 g/mol. The predicted octanol–water partition coefficient (Wildman–Crippen LogP) is 2.70. The molecule has 21 heavy (non-hydrogen) atoms. The van der Waals surface area contributed by atoms with Gasteiger partial charge >= 0.3 is 12.0 Å². The largest absolute Gasteiger partial charge is 0.480 e. The highest BCUT2D eigenvalue weighted by atomic mass is 35.5. The van der Waals surface area contributed by atoms with Crippen molar-refractivity contribution in [3.05, 3.63) is 28.2 Å². The molecule has 1 aliphatic heterocycles. The lowest BCUT2D eigenvalue weighted by Gasteiger charge is -2.22. The van der Waals surface area contributed by atoms with Crippen molar-refractivity contribution in [2.45, 2.75) is 18.6 Å². The van der Waals surface area contributed by atoms with Crippen LogP contribution >= 0.6 is 23.2 Å². The number of ether oxygens (including phenoxy) is 1. The van der Waals surface area contributed by atoms with E-state index in [0.29, 0.717) is 10.7 Å². The minimum absolute atomic E-state index is 0.206. The third-order valence-electron chi connectivity index (χ3n) is 3.34. The van der Waals surface area contributed by atoms with E-state index in [1.165, 1.54) is 12.0 Å². The van der Waals surface area contributed by atoms with E-state index in [1.54, 1.807) is 18.2 Å². The summed E-state index contributed by atoms with van der Waals surface area (Å²) >= 11 is 11.9. The standard InChI is InChI=1S/C13H14Cl2N2O4/c1-21-7-5-10(12(18)19)17(6-7)13(20)16-9-4-2-3-8(14)11(9)15/h2-4,7,10H,5-6H2,1H3,(H,16,20)(H,18,19). The zero-order chi connectivity index (χ0) is 15.6. The van der Waals surface area contributed by atoms with Gasteiger partial charge in [-0.05, 0) is 12.1 Å². The van der Waals surface area contributed by atoms with Gasteiger partial charge in [-0.15, -0.1) is 0 Å². The number of rotatable bonds is 3. The molecule has 114 valence electrons. The number of nitrogens with one attached hydrogen (secondary N) is 1. The lowest BCUT2D eigenvalue weighted by atomic mass is 10.2. The van der Waals surface area contributed by atoms with Crippen molar-refractivity contribution in [3.8, 4) is 0 Å². The summed E-state index contributed by atoms with van der Waals surface area (Å²) in [7, 11) is 1.48. The van der Waals surface area contributed by atoms with E-state index in [0.717, 1.165) is 0 Å². The van der Waals surface area contributed by atoms with E-state index in [1.807, 2.05) is 0 Å². The molecule has 0 radical (unpaired) electrons. The maximum absolute atomic E-state index is 12.2. The van der Waals surface area contributed by atoms with E-state index >= 15 is 0 Å². The lowest BCUT2D eigenvalue weighted by molar-refractivity contribution is -0.141. The fourth-order valence-corrected chi connectivity index (χ4v) is 2.56. The van der Waals surface area contributed by atoms with Gasteiger partial charge in [-0.2, -0.15) is 0 Å². The highest BCUT2D eigenvalue weighted by Gasteiger charge is 2.40. The molecule has 1 heterocycles. The third-order valence-corrected chi connectivity index (χ3v) is 4.15. The van der Waals surface area contributed by atoms with Crippen LogP contribution in [0.3, 0.4) is 0 Å². The van der Waals surface area contributed by atoms with Gasteiger partial charge in [0.15, 0.2) is 0 Å². The number of methoxy groups -OCH3 is 1. The number of carbonyl (C=O) groups excluding carboxylic acids is 1. The van der Waals surface area contributed by atoms with Gasteiger partial charge in [0.05, 0.1) is 21.8 Å². The third kappa shape index (κ3) is 3.40. The Labute approximate surface area is 131 Å². The Kier molecular flexibility index (Phi) is 4.92. The molecule has 0 saturated carbocycles. The summed E-state index contributed by atoms with van der Waals surface area (Å²) in [6.45, 7) is 0.206. The Morgan fingerprint density at radius 2 is 2.14 bits per heavy atom. The van der Waals surface area contributed by atoms with Crippen molar-refractivity contribution in [1.82, 2.24) is 4.90 Å². The summed E-state index contributed by atoms with van der Waals surface area (Å²) in [6.07, 6.45) is -0.0469. The number of hydrogen-bond donors (Lipinski definition) is 2. The Bertz CT molecular complexity index is 567. The molecule has 0 bridgehead atoms. The second-order valence-corrected chi connectivity index (χ2v) is 5.42. The van der Waals surface area contributed by atoms with Crippen LogP contribution in [-0.2, 0) is 9.53 Å². The first-order chi connectivity index (χ1) is 9.93. The van der Waals surface area contributed by atoms with E-state index in [4.69, 9.17) is 27.9 Å². The first-order valence-electron chi connectivity index (χ1n) is 6.21. The fourth-order valence-electron chi connectivity index (χ4n) is 2.21. The molecule has 6 nitrogen and oxygen atoms in total. The average Bonchev–Trinajstić information content (AvgIpc) is 2.88. The number of halogens is 2. The Morgan fingerprint density at radius 1 is 1.43 bits per heavy atom. The Morgan fingerprint density at radius 3 is 2.76 bits per heavy atom. The van der Waals surface area contributed by atoms with Gasteiger partial charge in [-0.3, -0.25) is 0 Å². The van der Waals surface area contributed by atoms with Crippen LogP contribution in [0.1, 0.15) is 6.42 Å². The number of amides is 2.